The zero-order valence-electron chi connectivity index (χ0n) is 12.3. The number of hydrogen-bond donors (Lipinski definition) is 0. The maximum absolute atomic E-state index is 11.7. The van der Waals surface area contributed by atoms with Gasteiger partial charge < -0.3 is 9.47 Å². The molecule has 0 atom stereocenters. The Morgan fingerprint density at radius 2 is 1.83 bits per heavy atom. The van der Waals surface area contributed by atoms with Crippen LogP contribution in [0.3, 0.4) is 0 Å². The molecule has 5 heteroatoms. The van der Waals surface area contributed by atoms with Gasteiger partial charge in [-0.3, -0.25) is 0 Å². The largest absolute Gasteiger partial charge is 0.490 e. The van der Waals surface area contributed by atoms with Crippen molar-refractivity contribution in [1.29, 1.82) is 0 Å². The van der Waals surface area contributed by atoms with Gasteiger partial charge in [-0.2, -0.15) is 0 Å². The molecule has 0 fully saturated rings. The second-order valence-electron chi connectivity index (χ2n) is 4.68. The number of benzene rings is 2. The van der Waals surface area contributed by atoms with E-state index in [1.165, 1.54) is 17.4 Å². The lowest BCUT2D eigenvalue weighted by Gasteiger charge is -2.05. The monoisotopic (exact) mass is 325 g/mol. The van der Waals surface area contributed by atoms with Gasteiger partial charge in [0.05, 0.1) is 10.2 Å². The molecular weight excluding hydrogens is 310 g/mol. The third kappa shape index (κ3) is 4.40. The summed E-state index contributed by atoms with van der Waals surface area (Å²) in [5.41, 5.74) is 0.932. The zero-order valence-corrected chi connectivity index (χ0v) is 13.2. The van der Waals surface area contributed by atoms with Crippen LogP contribution in [0.1, 0.15) is 5.01 Å². The van der Waals surface area contributed by atoms with Crippen molar-refractivity contribution < 1.29 is 14.3 Å². The number of esters is 1. The molecule has 116 valence electrons. The molecule has 0 aliphatic rings. The molecule has 0 aliphatic heterocycles. The maximum atomic E-state index is 11.7. The summed E-state index contributed by atoms with van der Waals surface area (Å²) in [4.78, 5) is 16.1. The third-order valence-electron chi connectivity index (χ3n) is 3.01. The lowest BCUT2D eigenvalue weighted by Crippen LogP contribution is -2.10. The van der Waals surface area contributed by atoms with E-state index in [0.717, 1.165) is 21.0 Å². The van der Waals surface area contributed by atoms with Crippen molar-refractivity contribution in [3.8, 4) is 5.75 Å². The molecule has 0 saturated carbocycles. The van der Waals surface area contributed by atoms with Crippen molar-refractivity contribution in [3.63, 3.8) is 0 Å². The highest BCUT2D eigenvalue weighted by molar-refractivity contribution is 7.19. The summed E-state index contributed by atoms with van der Waals surface area (Å²) < 4.78 is 11.6. The number of fused-ring (bicyclic) bond motifs is 1. The highest BCUT2D eigenvalue weighted by Gasteiger charge is 2.02. The topological polar surface area (TPSA) is 48.4 Å². The minimum atomic E-state index is -0.402. The van der Waals surface area contributed by atoms with Crippen LogP contribution in [0.5, 0.6) is 5.75 Å². The normalized spacial score (nSPS) is 11.0. The number of aromatic nitrogens is 1. The average molecular weight is 325 g/mol. The van der Waals surface area contributed by atoms with E-state index in [4.69, 9.17) is 9.47 Å². The Morgan fingerprint density at radius 3 is 2.65 bits per heavy atom. The van der Waals surface area contributed by atoms with Gasteiger partial charge in [-0.25, -0.2) is 9.78 Å². The zero-order chi connectivity index (χ0) is 15.9. The molecule has 3 aromatic rings. The van der Waals surface area contributed by atoms with Crippen molar-refractivity contribution >= 4 is 33.6 Å². The highest BCUT2D eigenvalue weighted by atomic mass is 32.1. The van der Waals surface area contributed by atoms with Gasteiger partial charge in [0.25, 0.3) is 0 Å². The molecule has 0 spiro atoms. The third-order valence-corrected chi connectivity index (χ3v) is 4.01. The number of carbonyl (C=O) groups excluding carboxylic acids is 1. The van der Waals surface area contributed by atoms with Crippen molar-refractivity contribution in [2.45, 2.75) is 0 Å². The first-order chi connectivity index (χ1) is 11.3. The Hall–Kier alpha value is -2.66. The maximum Gasteiger partial charge on any atom is 0.330 e. The summed E-state index contributed by atoms with van der Waals surface area (Å²) in [7, 11) is 0. The quantitative estimate of drug-likeness (QED) is 0.391. The van der Waals surface area contributed by atoms with Gasteiger partial charge in [0, 0.05) is 6.08 Å². The van der Waals surface area contributed by atoms with Gasteiger partial charge in [-0.15, -0.1) is 11.3 Å². The van der Waals surface area contributed by atoms with Gasteiger partial charge >= 0.3 is 5.97 Å². The molecule has 23 heavy (non-hydrogen) atoms. The smallest absolute Gasteiger partial charge is 0.330 e. The van der Waals surface area contributed by atoms with Crippen LogP contribution in [0.25, 0.3) is 16.3 Å². The molecule has 0 amide bonds. The van der Waals surface area contributed by atoms with E-state index in [9.17, 15) is 4.79 Å². The van der Waals surface area contributed by atoms with Crippen LogP contribution in [-0.2, 0) is 9.53 Å². The Kier molecular flexibility index (Phi) is 5.01. The predicted molar refractivity (Wildman–Crippen MR) is 91.6 cm³/mol. The minimum Gasteiger partial charge on any atom is -0.490 e. The van der Waals surface area contributed by atoms with E-state index in [0.29, 0.717) is 6.61 Å². The summed E-state index contributed by atoms with van der Waals surface area (Å²) in [6.45, 7) is 0.530. The second kappa shape index (κ2) is 7.56. The van der Waals surface area contributed by atoms with Gasteiger partial charge in [0.2, 0.25) is 0 Å². The Balaban J connectivity index is 1.45. The molecular formula is C18H15NO3S. The molecule has 0 radical (unpaired) electrons. The average Bonchev–Trinajstić information content (AvgIpc) is 3.01. The number of hydrogen-bond acceptors (Lipinski definition) is 5. The molecule has 0 aliphatic carbocycles. The van der Waals surface area contributed by atoms with Gasteiger partial charge in [0.15, 0.2) is 0 Å². The SMILES string of the molecule is O=C(/C=C/c1nc2ccccc2s1)OCCOc1ccccc1. The summed E-state index contributed by atoms with van der Waals surface area (Å²) in [6, 6.07) is 17.3. The fourth-order valence-corrected chi connectivity index (χ4v) is 2.84. The van der Waals surface area contributed by atoms with Crippen molar-refractivity contribution in [1.82, 2.24) is 4.98 Å². The van der Waals surface area contributed by atoms with Crippen LogP contribution in [0.4, 0.5) is 0 Å². The number of carbonyl (C=O) groups is 1. The Labute approximate surface area is 138 Å². The minimum absolute atomic E-state index is 0.206. The van der Waals surface area contributed by atoms with Crippen LogP contribution >= 0.6 is 11.3 Å². The number of rotatable bonds is 6. The van der Waals surface area contributed by atoms with Gasteiger partial charge in [-0.05, 0) is 30.3 Å². The number of thiazole rings is 1. The second-order valence-corrected chi connectivity index (χ2v) is 5.74. The molecule has 0 saturated heterocycles. The fraction of sp³-hybridized carbons (Fsp3) is 0.111. The first kappa shape index (κ1) is 15.2. The van der Waals surface area contributed by atoms with E-state index in [1.54, 1.807) is 6.08 Å². The number of ether oxygens (including phenoxy) is 2. The summed E-state index contributed by atoms with van der Waals surface area (Å²) in [5.74, 6) is 0.356. The molecule has 0 N–H and O–H groups in total. The van der Waals surface area contributed by atoms with Crippen LogP contribution < -0.4 is 4.74 Å². The van der Waals surface area contributed by atoms with Gasteiger partial charge in [0.1, 0.15) is 24.0 Å². The molecule has 1 aromatic heterocycles. The van der Waals surface area contributed by atoms with Crippen molar-refractivity contribution in [2.24, 2.45) is 0 Å². The van der Waals surface area contributed by atoms with Gasteiger partial charge in [-0.1, -0.05) is 30.3 Å². The lowest BCUT2D eigenvalue weighted by molar-refractivity contribution is -0.138. The summed E-state index contributed by atoms with van der Waals surface area (Å²) in [6.07, 6.45) is 3.06. The highest BCUT2D eigenvalue weighted by Crippen LogP contribution is 2.22. The molecule has 4 nitrogen and oxygen atoms in total. The van der Waals surface area contributed by atoms with E-state index < -0.39 is 5.97 Å². The number of para-hydroxylation sites is 2. The van der Waals surface area contributed by atoms with E-state index in [-0.39, 0.29) is 6.61 Å². The molecule has 1 heterocycles. The van der Waals surface area contributed by atoms with Crippen molar-refractivity contribution in [3.05, 3.63) is 65.7 Å². The van der Waals surface area contributed by atoms with Crippen molar-refractivity contribution in [2.75, 3.05) is 13.2 Å². The Bertz CT molecular complexity index is 778. The Morgan fingerprint density at radius 1 is 1.04 bits per heavy atom. The van der Waals surface area contributed by atoms with E-state index >= 15 is 0 Å². The van der Waals surface area contributed by atoms with Crippen LogP contribution in [0.2, 0.25) is 0 Å². The first-order valence-electron chi connectivity index (χ1n) is 7.19. The van der Waals surface area contributed by atoms with Crippen LogP contribution in [0, 0.1) is 0 Å². The molecule has 3 rings (SSSR count). The van der Waals surface area contributed by atoms with E-state index in [2.05, 4.69) is 4.98 Å². The lowest BCUT2D eigenvalue weighted by atomic mass is 10.3. The standard InChI is InChI=1S/C18H15NO3S/c20-18(22-13-12-21-14-6-2-1-3-7-14)11-10-17-19-15-8-4-5-9-16(15)23-17/h1-11H,12-13H2/b11-10+. The van der Waals surface area contributed by atoms with Crippen LogP contribution in [-0.4, -0.2) is 24.2 Å². The fourth-order valence-electron chi connectivity index (χ4n) is 1.97. The molecule has 2 aromatic carbocycles. The first-order valence-corrected chi connectivity index (χ1v) is 8.01. The predicted octanol–water partition coefficient (Wildman–Crippen LogP) is 3.93. The number of nitrogens with zero attached hydrogens (tertiary/aromatic N) is 1. The summed E-state index contributed by atoms with van der Waals surface area (Å²) >= 11 is 1.53. The molecule has 0 bridgehead atoms. The summed E-state index contributed by atoms with van der Waals surface area (Å²) in [5, 5.41) is 0.781. The molecule has 0 unspecified atom stereocenters. The van der Waals surface area contributed by atoms with E-state index in [1.807, 2.05) is 54.6 Å². The van der Waals surface area contributed by atoms with Crippen LogP contribution in [0.15, 0.2) is 60.7 Å².